The second-order valence-electron chi connectivity index (χ2n) is 7.30. The zero-order chi connectivity index (χ0) is 15.2. The lowest BCUT2D eigenvalue weighted by molar-refractivity contribution is -0.00157. The third-order valence-electron chi connectivity index (χ3n) is 5.32. The Bertz CT molecular complexity index is 573. The van der Waals surface area contributed by atoms with Crippen molar-refractivity contribution in [2.75, 3.05) is 26.3 Å². The van der Waals surface area contributed by atoms with Crippen molar-refractivity contribution in [3.8, 4) is 0 Å². The number of aryl methyl sites for hydroxylation is 1. The van der Waals surface area contributed by atoms with E-state index >= 15 is 0 Å². The number of carbonyl (C=O) groups is 1. The number of aromatic nitrogens is 1. The second kappa shape index (κ2) is 5.60. The minimum atomic E-state index is 0.194. The highest BCUT2D eigenvalue weighted by Crippen LogP contribution is 2.39. The standard InChI is InChI=1S/C17H24N2O2S/c1-12-15(22-14(18-12)9-13-3-4-13)16(20)19-7-6-17(10-19)5-2-8-21-11-17/h13H,2-11H2,1H3. The monoisotopic (exact) mass is 320 g/mol. The predicted octanol–water partition coefficient (Wildman–Crippen LogP) is 3.05. The highest BCUT2D eigenvalue weighted by Gasteiger charge is 2.42. The Labute approximate surface area is 135 Å². The first kappa shape index (κ1) is 14.6. The third kappa shape index (κ3) is 2.81. The number of thiazole rings is 1. The molecule has 1 aromatic heterocycles. The molecular weight excluding hydrogens is 296 g/mol. The second-order valence-corrected chi connectivity index (χ2v) is 8.39. The Balaban J connectivity index is 1.46. The van der Waals surface area contributed by atoms with Crippen LogP contribution in [0, 0.1) is 18.3 Å². The van der Waals surface area contributed by atoms with E-state index in [4.69, 9.17) is 4.74 Å². The number of likely N-dealkylation sites (tertiary alicyclic amines) is 1. The number of amides is 1. The Morgan fingerprint density at radius 3 is 3.05 bits per heavy atom. The Morgan fingerprint density at radius 2 is 2.32 bits per heavy atom. The Kier molecular flexibility index (Phi) is 3.73. The van der Waals surface area contributed by atoms with Gasteiger partial charge in [-0.05, 0) is 44.9 Å². The van der Waals surface area contributed by atoms with Crippen LogP contribution in [0.1, 0.15) is 52.5 Å². The van der Waals surface area contributed by atoms with Crippen LogP contribution in [0.25, 0.3) is 0 Å². The molecule has 1 atom stereocenters. The molecule has 4 rings (SSSR count). The maximum atomic E-state index is 12.9. The number of carbonyl (C=O) groups excluding carboxylic acids is 1. The molecule has 0 aromatic carbocycles. The first-order chi connectivity index (χ1) is 10.7. The van der Waals surface area contributed by atoms with Crippen molar-refractivity contribution in [1.29, 1.82) is 0 Å². The third-order valence-corrected chi connectivity index (χ3v) is 6.49. The lowest BCUT2D eigenvalue weighted by atomic mass is 9.82. The van der Waals surface area contributed by atoms with Crippen molar-refractivity contribution < 1.29 is 9.53 Å². The normalized spacial score (nSPS) is 28.5. The molecule has 1 aliphatic carbocycles. The van der Waals surface area contributed by atoms with Gasteiger partial charge in [-0.15, -0.1) is 11.3 Å². The maximum absolute atomic E-state index is 12.9. The summed E-state index contributed by atoms with van der Waals surface area (Å²) in [6.45, 7) is 5.42. The number of nitrogens with zero attached hydrogens (tertiary/aromatic N) is 2. The zero-order valence-corrected chi connectivity index (χ0v) is 14.1. The minimum absolute atomic E-state index is 0.194. The van der Waals surface area contributed by atoms with Crippen molar-refractivity contribution in [2.45, 2.75) is 45.4 Å². The molecule has 0 bridgehead atoms. The van der Waals surface area contributed by atoms with Gasteiger partial charge in [-0.2, -0.15) is 0 Å². The molecule has 3 fully saturated rings. The van der Waals surface area contributed by atoms with E-state index in [0.29, 0.717) is 0 Å². The van der Waals surface area contributed by atoms with Crippen LogP contribution < -0.4 is 0 Å². The van der Waals surface area contributed by atoms with E-state index in [0.717, 1.165) is 67.1 Å². The average Bonchev–Trinajstić information content (AvgIpc) is 3.12. The fraction of sp³-hybridized carbons (Fsp3) is 0.765. The van der Waals surface area contributed by atoms with E-state index in [1.807, 2.05) is 11.8 Å². The van der Waals surface area contributed by atoms with Gasteiger partial charge in [0.05, 0.1) is 17.3 Å². The van der Waals surface area contributed by atoms with Crippen molar-refractivity contribution in [2.24, 2.45) is 11.3 Å². The van der Waals surface area contributed by atoms with Gasteiger partial charge in [0.25, 0.3) is 5.91 Å². The number of rotatable bonds is 3. The molecule has 4 nitrogen and oxygen atoms in total. The first-order valence-corrected chi connectivity index (χ1v) is 9.30. The van der Waals surface area contributed by atoms with Gasteiger partial charge in [-0.25, -0.2) is 4.98 Å². The molecule has 0 radical (unpaired) electrons. The SMILES string of the molecule is Cc1nc(CC2CC2)sc1C(=O)N1CCC2(CCCOC2)C1. The quantitative estimate of drug-likeness (QED) is 0.859. The summed E-state index contributed by atoms with van der Waals surface area (Å²) in [7, 11) is 0. The fourth-order valence-corrected chi connectivity index (χ4v) is 4.94. The summed E-state index contributed by atoms with van der Waals surface area (Å²) in [6, 6.07) is 0. The van der Waals surface area contributed by atoms with E-state index in [9.17, 15) is 4.79 Å². The van der Waals surface area contributed by atoms with Gasteiger partial charge in [0.1, 0.15) is 4.88 Å². The fourth-order valence-electron chi connectivity index (χ4n) is 3.79. The summed E-state index contributed by atoms with van der Waals surface area (Å²) in [5.74, 6) is 1.02. The van der Waals surface area contributed by atoms with Crippen LogP contribution in [0.15, 0.2) is 0 Å². The van der Waals surface area contributed by atoms with Crippen LogP contribution in [0.2, 0.25) is 0 Å². The summed E-state index contributed by atoms with van der Waals surface area (Å²) in [5, 5.41) is 1.15. The Morgan fingerprint density at radius 1 is 1.45 bits per heavy atom. The molecule has 5 heteroatoms. The van der Waals surface area contributed by atoms with Crippen LogP contribution >= 0.6 is 11.3 Å². The van der Waals surface area contributed by atoms with Crippen molar-refractivity contribution in [1.82, 2.24) is 9.88 Å². The van der Waals surface area contributed by atoms with Gasteiger partial charge in [0, 0.05) is 31.5 Å². The van der Waals surface area contributed by atoms with E-state index in [2.05, 4.69) is 4.98 Å². The molecular formula is C17H24N2O2S. The van der Waals surface area contributed by atoms with Gasteiger partial charge >= 0.3 is 0 Å². The molecule has 2 saturated heterocycles. The van der Waals surface area contributed by atoms with E-state index < -0.39 is 0 Å². The highest BCUT2D eigenvalue weighted by molar-refractivity contribution is 7.13. The summed E-state index contributed by atoms with van der Waals surface area (Å²) in [6.07, 6.45) is 7.15. The summed E-state index contributed by atoms with van der Waals surface area (Å²) in [4.78, 5) is 20.4. The van der Waals surface area contributed by atoms with Gasteiger partial charge in [-0.1, -0.05) is 0 Å². The maximum Gasteiger partial charge on any atom is 0.265 e. The minimum Gasteiger partial charge on any atom is -0.381 e. The number of ether oxygens (including phenoxy) is 1. The lowest BCUT2D eigenvalue weighted by Gasteiger charge is -2.32. The van der Waals surface area contributed by atoms with E-state index in [1.54, 1.807) is 11.3 Å². The molecule has 1 amide bonds. The molecule has 3 heterocycles. The molecule has 1 spiro atoms. The molecule has 1 aromatic rings. The first-order valence-electron chi connectivity index (χ1n) is 8.49. The van der Waals surface area contributed by atoms with Crippen LogP contribution in [0.5, 0.6) is 0 Å². The molecule has 3 aliphatic rings. The summed E-state index contributed by atoms with van der Waals surface area (Å²) >= 11 is 1.62. The van der Waals surface area contributed by atoms with Crippen LogP contribution in [-0.4, -0.2) is 42.1 Å². The molecule has 120 valence electrons. The van der Waals surface area contributed by atoms with E-state index in [1.165, 1.54) is 19.3 Å². The van der Waals surface area contributed by atoms with Crippen molar-refractivity contribution in [3.05, 3.63) is 15.6 Å². The van der Waals surface area contributed by atoms with Crippen molar-refractivity contribution >= 4 is 17.2 Å². The molecule has 22 heavy (non-hydrogen) atoms. The smallest absolute Gasteiger partial charge is 0.265 e. The Hall–Kier alpha value is -0.940. The van der Waals surface area contributed by atoms with Gasteiger partial charge in [0.2, 0.25) is 0 Å². The molecule has 2 aliphatic heterocycles. The van der Waals surface area contributed by atoms with Crippen molar-refractivity contribution in [3.63, 3.8) is 0 Å². The number of hydrogen-bond donors (Lipinski definition) is 0. The van der Waals surface area contributed by atoms with Gasteiger partial charge < -0.3 is 9.64 Å². The zero-order valence-electron chi connectivity index (χ0n) is 13.3. The van der Waals surface area contributed by atoms with Crippen LogP contribution in [0.4, 0.5) is 0 Å². The highest BCUT2D eigenvalue weighted by atomic mass is 32.1. The molecule has 1 unspecified atom stereocenters. The summed E-state index contributed by atoms with van der Waals surface area (Å²) in [5.41, 5.74) is 1.15. The molecule has 0 N–H and O–H groups in total. The topological polar surface area (TPSA) is 42.4 Å². The van der Waals surface area contributed by atoms with Gasteiger partial charge in [0.15, 0.2) is 0 Å². The summed E-state index contributed by atoms with van der Waals surface area (Å²) < 4.78 is 5.67. The van der Waals surface area contributed by atoms with Crippen LogP contribution in [-0.2, 0) is 11.2 Å². The average molecular weight is 320 g/mol. The largest absolute Gasteiger partial charge is 0.381 e. The predicted molar refractivity (Wildman–Crippen MR) is 86.3 cm³/mol. The van der Waals surface area contributed by atoms with Crippen LogP contribution in [0.3, 0.4) is 0 Å². The van der Waals surface area contributed by atoms with Gasteiger partial charge in [-0.3, -0.25) is 4.79 Å². The lowest BCUT2D eigenvalue weighted by Crippen LogP contribution is -2.37. The van der Waals surface area contributed by atoms with E-state index in [-0.39, 0.29) is 11.3 Å². The molecule has 1 saturated carbocycles. The number of hydrogen-bond acceptors (Lipinski definition) is 4.